The minimum atomic E-state index is -0.0844. The molecule has 0 unspecified atom stereocenters. The van der Waals surface area contributed by atoms with E-state index in [0.29, 0.717) is 0 Å². The van der Waals surface area contributed by atoms with Crippen LogP contribution in [0.4, 0.5) is 34.4 Å². The Balaban J connectivity index is 1.12. The zero-order chi connectivity index (χ0) is 50.8. The molecule has 0 fully saturated rings. The number of fused-ring (bicyclic) bond motifs is 20. The van der Waals surface area contributed by atoms with E-state index in [9.17, 15) is 0 Å². The van der Waals surface area contributed by atoms with Gasteiger partial charge in [0, 0.05) is 47.6 Å². The third kappa shape index (κ3) is 5.90. The van der Waals surface area contributed by atoms with Gasteiger partial charge in [-0.3, -0.25) is 9.80 Å². The molecule has 362 valence electrons. The summed E-state index contributed by atoms with van der Waals surface area (Å²) in [4.78, 5) is 5.30. The molecule has 0 aliphatic carbocycles. The van der Waals surface area contributed by atoms with E-state index in [4.69, 9.17) is 0 Å². The first kappa shape index (κ1) is 44.2. The van der Waals surface area contributed by atoms with Crippen molar-refractivity contribution in [1.29, 1.82) is 0 Å². The third-order valence-corrected chi connectivity index (χ3v) is 18.5. The van der Waals surface area contributed by atoms with Gasteiger partial charge >= 0.3 is 0 Å². The summed E-state index contributed by atoms with van der Waals surface area (Å²) in [5.74, 6) is 2.45. The Morgan fingerprint density at radius 1 is 0.347 bits per heavy atom. The highest BCUT2D eigenvalue weighted by Crippen LogP contribution is 2.51. The average molecular weight is 967 g/mol. The molecule has 15 rings (SSSR count). The Morgan fingerprint density at radius 3 is 1.23 bits per heavy atom. The lowest BCUT2D eigenvalue weighted by atomic mass is 9.33. The number of rotatable bonds is 6. The van der Waals surface area contributed by atoms with Crippen LogP contribution in [0, 0.1) is 0 Å². The minimum Gasteiger partial charge on any atom is -0.330 e. The fourth-order valence-electron chi connectivity index (χ4n) is 13.8. The van der Waals surface area contributed by atoms with Gasteiger partial charge in [-0.1, -0.05) is 175 Å². The van der Waals surface area contributed by atoms with Crippen LogP contribution in [-0.4, -0.2) is 15.8 Å². The maximum atomic E-state index is 2.67. The fourth-order valence-corrected chi connectivity index (χ4v) is 13.8. The van der Waals surface area contributed by atoms with Crippen LogP contribution in [0.25, 0.3) is 86.4 Å². The van der Waals surface area contributed by atoms with Gasteiger partial charge in [0.05, 0.1) is 5.69 Å². The van der Waals surface area contributed by atoms with Crippen molar-refractivity contribution in [3.05, 3.63) is 199 Å². The van der Waals surface area contributed by atoms with Crippen LogP contribution in [0.1, 0.15) is 65.5 Å². The molecule has 5 heteroatoms. The van der Waals surface area contributed by atoms with Gasteiger partial charge in [0.2, 0.25) is 0 Å². The summed E-state index contributed by atoms with van der Waals surface area (Å²) < 4.78 is 5.03. The Bertz CT molecular complexity index is 4540. The lowest BCUT2D eigenvalue weighted by Crippen LogP contribution is -2.61. The SMILES string of the molecule is CCC(C)(C)c1ccc2c(c1)c1c(n2C)N(c2ccc3c4ccccc4c4ccccc4c3c2)c2cccc3c2B1c1c(n(C)c2ccc(C(C)(C)CC)cc12)N3c1cccc2c3ccccc3c3ccccc3c12. The lowest BCUT2D eigenvalue weighted by Gasteiger charge is -2.43. The van der Waals surface area contributed by atoms with Gasteiger partial charge < -0.3 is 9.13 Å². The Labute approximate surface area is 439 Å². The molecular weight excluding hydrogens is 908 g/mol. The van der Waals surface area contributed by atoms with E-state index in [-0.39, 0.29) is 17.5 Å². The van der Waals surface area contributed by atoms with Crippen molar-refractivity contribution in [2.24, 2.45) is 14.1 Å². The predicted molar refractivity (Wildman–Crippen MR) is 325 cm³/mol. The van der Waals surface area contributed by atoms with Gasteiger partial charge in [-0.2, -0.15) is 0 Å². The lowest BCUT2D eigenvalue weighted by molar-refractivity contribution is 0.507. The van der Waals surface area contributed by atoms with E-state index < -0.39 is 0 Å². The highest BCUT2D eigenvalue weighted by Gasteiger charge is 2.48. The van der Waals surface area contributed by atoms with Crippen LogP contribution in [-0.2, 0) is 24.9 Å². The van der Waals surface area contributed by atoms with Crippen LogP contribution >= 0.6 is 0 Å². The molecule has 0 bridgehead atoms. The van der Waals surface area contributed by atoms with Crippen molar-refractivity contribution in [2.45, 2.75) is 65.2 Å². The van der Waals surface area contributed by atoms with Crippen molar-refractivity contribution >= 4 is 144 Å². The third-order valence-electron chi connectivity index (χ3n) is 18.5. The summed E-state index contributed by atoms with van der Waals surface area (Å²) in [7, 11) is 4.63. The van der Waals surface area contributed by atoms with Crippen LogP contribution in [0.2, 0.25) is 0 Å². The summed E-state index contributed by atoms with van der Waals surface area (Å²) in [5, 5.41) is 17.9. The largest absolute Gasteiger partial charge is 0.330 e. The second-order valence-corrected chi connectivity index (χ2v) is 23.0. The summed E-state index contributed by atoms with van der Waals surface area (Å²) in [6.07, 6.45) is 2.09. The van der Waals surface area contributed by atoms with Crippen molar-refractivity contribution in [1.82, 2.24) is 9.13 Å². The first-order valence-corrected chi connectivity index (χ1v) is 27.1. The second kappa shape index (κ2) is 15.6. The molecule has 2 aromatic heterocycles. The summed E-state index contributed by atoms with van der Waals surface area (Å²) >= 11 is 0. The van der Waals surface area contributed by atoms with Crippen molar-refractivity contribution in [3.8, 4) is 0 Å². The first-order chi connectivity index (χ1) is 36.5. The maximum Gasteiger partial charge on any atom is 0.257 e. The van der Waals surface area contributed by atoms with Gasteiger partial charge in [-0.15, -0.1) is 0 Å². The van der Waals surface area contributed by atoms with Gasteiger partial charge in [0.1, 0.15) is 11.6 Å². The fraction of sp³-hybridized carbons (Fsp3) is 0.171. The molecule has 0 atom stereocenters. The van der Waals surface area contributed by atoms with Gasteiger partial charge in [0.15, 0.2) is 0 Å². The molecule has 13 aromatic rings. The molecule has 0 N–H and O–H groups in total. The zero-order valence-corrected chi connectivity index (χ0v) is 44.2. The second-order valence-electron chi connectivity index (χ2n) is 23.0. The topological polar surface area (TPSA) is 16.3 Å². The van der Waals surface area contributed by atoms with Crippen LogP contribution in [0.5, 0.6) is 0 Å². The standard InChI is InChI=1S/C70H59BN4/c1-9-69(3,4)42-33-37-58-56(39-42)64-67(72(58)7)74(44-35-36-52-47-23-12-11-21-45(47)46-22-14-16-27-51(46)55(52)41-44)61-31-20-32-62-66(61)71(64)65-57-40-43(70(5,6)10-2)34-38-59(57)73(8)68(65)75(62)60-30-19-29-54-50-25-15-13-24-48(50)49-26-17-18-28-53(49)63(54)60/h11-41H,9-10H2,1-8H3. The van der Waals surface area contributed by atoms with Crippen molar-refractivity contribution in [3.63, 3.8) is 0 Å². The predicted octanol–water partition coefficient (Wildman–Crippen LogP) is 17.0. The van der Waals surface area contributed by atoms with Gasteiger partial charge in [-0.05, 0) is 176 Å². The minimum absolute atomic E-state index is 0.00751. The molecule has 0 saturated carbocycles. The number of aromatic nitrogens is 2. The van der Waals surface area contributed by atoms with Crippen LogP contribution < -0.4 is 26.2 Å². The van der Waals surface area contributed by atoms with E-state index >= 15 is 0 Å². The maximum absolute atomic E-state index is 2.67. The van der Waals surface area contributed by atoms with E-state index in [2.05, 4.69) is 263 Å². The summed E-state index contributed by atoms with van der Waals surface area (Å²) in [5.41, 5.74) is 14.1. The normalized spacial score (nSPS) is 13.6. The number of hydrogen-bond donors (Lipinski definition) is 0. The Hall–Kier alpha value is -8.28. The molecule has 0 spiro atoms. The average Bonchev–Trinajstić information content (AvgIpc) is 3.97. The van der Waals surface area contributed by atoms with E-state index in [1.165, 1.54) is 143 Å². The molecule has 75 heavy (non-hydrogen) atoms. The smallest absolute Gasteiger partial charge is 0.257 e. The highest BCUT2D eigenvalue weighted by molar-refractivity contribution is 7.03. The van der Waals surface area contributed by atoms with Crippen LogP contribution in [0.3, 0.4) is 0 Å². The number of hydrogen-bond acceptors (Lipinski definition) is 2. The van der Waals surface area contributed by atoms with E-state index in [1.807, 2.05) is 0 Å². The molecule has 4 heterocycles. The van der Waals surface area contributed by atoms with E-state index in [0.717, 1.165) is 18.5 Å². The molecule has 4 nitrogen and oxygen atoms in total. The van der Waals surface area contributed by atoms with Crippen molar-refractivity contribution in [2.75, 3.05) is 9.80 Å². The molecule has 2 aliphatic rings. The first-order valence-electron chi connectivity index (χ1n) is 27.1. The molecule has 0 saturated heterocycles. The molecular formula is C70H59BN4. The molecule has 11 aromatic carbocycles. The summed E-state index contributed by atoms with van der Waals surface area (Å²) in [6, 6.07) is 72.2. The molecule has 0 radical (unpaired) electrons. The number of nitrogens with zero attached hydrogens (tertiary/aromatic N) is 4. The number of benzene rings is 11. The van der Waals surface area contributed by atoms with Gasteiger partial charge in [-0.25, -0.2) is 0 Å². The summed E-state index contributed by atoms with van der Waals surface area (Å²) in [6.45, 7) is 14.2. The number of anilines is 6. The van der Waals surface area contributed by atoms with E-state index in [1.54, 1.807) is 0 Å². The monoisotopic (exact) mass is 966 g/mol. The Morgan fingerprint density at radius 2 is 0.733 bits per heavy atom. The zero-order valence-electron chi connectivity index (χ0n) is 44.2. The molecule has 2 aliphatic heterocycles. The number of aryl methyl sites for hydroxylation is 2. The van der Waals surface area contributed by atoms with Crippen LogP contribution in [0.15, 0.2) is 188 Å². The molecule has 0 amide bonds. The highest BCUT2D eigenvalue weighted by atomic mass is 15.3. The quantitative estimate of drug-likeness (QED) is 0.122. The van der Waals surface area contributed by atoms with Gasteiger partial charge in [0.25, 0.3) is 6.71 Å². The van der Waals surface area contributed by atoms with Crippen molar-refractivity contribution < 1.29 is 0 Å². The Kier molecular flexibility index (Phi) is 9.22.